The summed E-state index contributed by atoms with van der Waals surface area (Å²) in [6.45, 7) is 10.6. The third-order valence-corrected chi connectivity index (χ3v) is 5.36. The Labute approximate surface area is 178 Å². The fraction of sp³-hybridized carbons (Fsp3) is 0.320. The maximum atomic E-state index is 13.2. The van der Waals surface area contributed by atoms with Crippen LogP contribution in [0, 0.1) is 38.0 Å². The van der Waals surface area contributed by atoms with Gasteiger partial charge >= 0.3 is 0 Å². The van der Waals surface area contributed by atoms with Gasteiger partial charge < -0.3 is 10.2 Å². The molecule has 0 fully saturated rings. The second-order valence-corrected chi connectivity index (χ2v) is 8.25. The molecule has 5 nitrogen and oxygen atoms in total. The number of carbonyl (C=O) groups excluding carboxylic acids is 2. The van der Waals surface area contributed by atoms with E-state index in [9.17, 15) is 14.9 Å². The van der Waals surface area contributed by atoms with Crippen LogP contribution in [0.1, 0.15) is 42.5 Å². The molecular weight excluding hydrogens is 374 g/mol. The maximum absolute atomic E-state index is 13.2. The van der Waals surface area contributed by atoms with Gasteiger partial charge in [-0.1, -0.05) is 49.7 Å². The molecule has 3 rings (SSSR count). The molecule has 2 aromatic carbocycles. The molecular formula is C25H27N3O2. The summed E-state index contributed by atoms with van der Waals surface area (Å²) in [6.07, 6.45) is 0.837. The summed E-state index contributed by atoms with van der Waals surface area (Å²) in [5, 5.41) is 12.7. The zero-order valence-electron chi connectivity index (χ0n) is 18.2. The van der Waals surface area contributed by atoms with Crippen LogP contribution in [-0.4, -0.2) is 18.4 Å². The van der Waals surface area contributed by atoms with Crippen molar-refractivity contribution in [3.8, 4) is 6.07 Å². The lowest BCUT2D eigenvalue weighted by molar-refractivity contribution is -0.114. The average molecular weight is 402 g/mol. The van der Waals surface area contributed by atoms with Gasteiger partial charge in [0.05, 0.1) is 11.3 Å². The lowest BCUT2D eigenvalue weighted by atomic mass is 10.0. The van der Waals surface area contributed by atoms with Gasteiger partial charge in [-0.05, 0) is 50.3 Å². The second-order valence-electron chi connectivity index (χ2n) is 8.25. The Balaban J connectivity index is 2.04. The highest BCUT2D eigenvalue weighted by Gasteiger charge is 2.36. The monoisotopic (exact) mass is 401 g/mol. The van der Waals surface area contributed by atoms with E-state index in [-0.39, 0.29) is 17.1 Å². The molecule has 30 heavy (non-hydrogen) atoms. The molecule has 0 bridgehead atoms. The SMILES string of the molecule is Cc1cc(C)c(NC(=O)C(C#N)=C2C(=O)N(CCC(C)C)c3ccccc32)c(C)c1. The standard InChI is InChI=1S/C25H27N3O2/c1-15(2)10-11-28-21-9-7-6-8-19(21)22(25(28)30)20(14-26)24(29)27-23-17(4)12-16(3)13-18(23)5/h6-9,12-13,15H,10-11H2,1-5H3,(H,27,29). The van der Waals surface area contributed by atoms with Crippen LogP contribution in [0.3, 0.4) is 0 Å². The van der Waals surface area contributed by atoms with E-state index in [0.29, 0.717) is 23.7 Å². The van der Waals surface area contributed by atoms with Crippen molar-refractivity contribution in [2.24, 2.45) is 5.92 Å². The number of hydrogen-bond acceptors (Lipinski definition) is 3. The first-order chi connectivity index (χ1) is 14.2. The number of nitrogens with zero attached hydrogens (tertiary/aromatic N) is 2. The van der Waals surface area contributed by atoms with E-state index in [4.69, 9.17) is 0 Å². The molecule has 0 aliphatic carbocycles. The van der Waals surface area contributed by atoms with Gasteiger partial charge in [-0.3, -0.25) is 9.59 Å². The summed E-state index contributed by atoms with van der Waals surface area (Å²) in [4.78, 5) is 28.0. The first kappa shape index (κ1) is 21.3. The Morgan fingerprint density at radius 3 is 2.37 bits per heavy atom. The van der Waals surface area contributed by atoms with Crippen molar-refractivity contribution in [3.63, 3.8) is 0 Å². The van der Waals surface area contributed by atoms with Crippen molar-refractivity contribution in [1.29, 1.82) is 5.26 Å². The van der Waals surface area contributed by atoms with E-state index in [1.54, 1.807) is 11.0 Å². The fourth-order valence-electron chi connectivity index (χ4n) is 3.90. The molecule has 1 aliphatic rings. The van der Waals surface area contributed by atoms with Gasteiger partial charge in [0, 0.05) is 17.8 Å². The Bertz CT molecular complexity index is 1070. The highest BCUT2D eigenvalue weighted by molar-refractivity contribution is 6.37. The van der Waals surface area contributed by atoms with Crippen LogP contribution in [0.2, 0.25) is 0 Å². The molecule has 2 amide bonds. The molecule has 1 N–H and O–H groups in total. The number of benzene rings is 2. The molecule has 1 aliphatic heterocycles. The van der Waals surface area contributed by atoms with Gasteiger partial charge in [0.1, 0.15) is 11.6 Å². The summed E-state index contributed by atoms with van der Waals surface area (Å²) in [5.74, 6) is -0.415. The number of rotatable bonds is 5. The number of anilines is 2. The van der Waals surface area contributed by atoms with E-state index in [0.717, 1.165) is 28.8 Å². The van der Waals surface area contributed by atoms with Crippen molar-refractivity contribution in [1.82, 2.24) is 0 Å². The van der Waals surface area contributed by atoms with E-state index >= 15 is 0 Å². The first-order valence-corrected chi connectivity index (χ1v) is 10.2. The smallest absolute Gasteiger partial charge is 0.267 e. The first-order valence-electron chi connectivity index (χ1n) is 10.2. The van der Waals surface area contributed by atoms with Gasteiger partial charge in [-0.2, -0.15) is 5.26 Å². The number of amides is 2. The lowest BCUT2D eigenvalue weighted by Crippen LogP contribution is -2.29. The molecule has 154 valence electrons. The van der Waals surface area contributed by atoms with Crippen LogP contribution in [0.4, 0.5) is 11.4 Å². The topological polar surface area (TPSA) is 73.2 Å². The third kappa shape index (κ3) is 3.99. The number of aryl methyl sites for hydroxylation is 3. The number of para-hydroxylation sites is 1. The molecule has 0 saturated heterocycles. The molecule has 0 saturated carbocycles. The van der Waals surface area contributed by atoms with Crippen molar-refractivity contribution < 1.29 is 9.59 Å². The van der Waals surface area contributed by atoms with Crippen molar-refractivity contribution in [2.75, 3.05) is 16.8 Å². The molecule has 1 heterocycles. The Morgan fingerprint density at radius 2 is 1.77 bits per heavy atom. The predicted octanol–water partition coefficient (Wildman–Crippen LogP) is 4.92. The zero-order chi connectivity index (χ0) is 22.0. The minimum atomic E-state index is -0.559. The Kier molecular flexibility index (Phi) is 6.07. The third-order valence-electron chi connectivity index (χ3n) is 5.36. The minimum absolute atomic E-state index is 0.154. The predicted molar refractivity (Wildman–Crippen MR) is 120 cm³/mol. The highest BCUT2D eigenvalue weighted by Crippen LogP contribution is 2.39. The molecule has 0 atom stereocenters. The van der Waals surface area contributed by atoms with Crippen LogP contribution in [0.15, 0.2) is 42.0 Å². The van der Waals surface area contributed by atoms with E-state index in [1.165, 1.54) is 0 Å². The quantitative estimate of drug-likeness (QED) is 0.571. The normalized spacial score (nSPS) is 14.6. The highest BCUT2D eigenvalue weighted by atomic mass is 16.2. The number of carbonyl (C=O) groups is 2. The van der Waals surface area contributed by atoms with Crippen LogP contribution < -0.4 is 10.2 Å². The van der Waals surface area contributed by atoms with E-state index < -0.39 is 5.91 Å². The van der Waals surface area contributed by atoms with Crippen molar-refractivity contribution in [2.45, 2.75) is 41.0 Å². The summed E-state index contributed by atoms with van der Waals surface area (Å²) >= 11 is 0. The second kappa shape index (κ2) is 8.54. The van der Waals surface area contributed by atoms with Gasteiger partial charge in [0.15, 0.2) is 0 Å². The van der Waals surface area contributed by atoms with Crippen LogP contribution in [0.25, 0.3) is 5.57 Å². The Hall–Kier alpha value is -3.39. The largest absolute Gasteiger partial charge is 0.321 e. The summed E-state index contributed by atoms with van der Waals surface area (Å²) < 4.78 is 0. The molecule has 5 heteroatoms. The number of nitrogens with one attached hydrogen (secondary N) is 1. The molecule has 0 unspecified atom stereocenters. The summed E-state index contributed by atoms with van der Waals surface area (Å²) in [5.41, 5.74) is 5.02. The van der Waals surface area contributed by atoms with E-state index in [1.807, 2.05) is 57.2 Å². The number of fused-ring (bicyclic) bond motifs is 1. The van der Waals surface area contributed by atoms with Gasteiger partial charge in [0.2, 0.25) is 0 Å². The van der Waals surface area contributed by atoms with Crippen molar-refractivity contribution >= 4 is 28.8 Å². The molecule has 0 aromatic heterocycles. The van der Waals surface area contributed by atoms with Gasteiger partial charge in [0.25, 0.3) is 11.8 Å². The van der Waals surface area contributed by atoms with Crippen LogP contribution >= 0.6 is 0 Å². The maximum Gasteiger partial charge on any atom is 0.267 e. The molecule has 0 radical (unpaired) electrons. The zero-order valence-corrected chi connectivity index (χ0v) is 18.2. The van der Waals surface area contributed by atoms with Crippen molar-refractivity contribution in [3.05, 3.63) is 64.2 Å². The number of hydrogen-bond donors (Lipinski definition) is 1. The average Bonchev–Trinajstić information content (AvgIpc) is 2.95. The summed E-state index contributed by atoms with van der Waals surface area (Å²) in [7, 11) is 0. The van der Waals surface area contributed by atoms with E-state index in [2.05, 4.69) is 19.2 Å². The molecule has 0 spiro atoms. The van der Waals surface area contributed by atoms with Crippen LogP contribution in [0.5, 0.6) is 0 Å². The minimum Gasteiger partial charge on any atom is -0.321 e. The Morgan fingerprint density at radius 1 is 1.13 bits per heavy atom. The van der Waals surface area contributed by atoms with Crippen LogP contribution in [-0.2, 0) is 9.59 Å². The fourth-order valence-corrected chi connectivity index (χ4v) is 3.90. The number of nitriles is 1. The lowest BCUT2D eigenvalue weighted by Gasteiger charge is -2.18. The van der Waals surface area contributed by atoms with Gasteiger partial charge in [-0.25, -0.2) is 0 Å². The molecule has 2 aromatic rings. The van der Waals surface area contributed by atoms with Gasteiger partial charge in [-0.15, -0.1) is 0 Å². The summed E-state index contributed by atoms with van der Waals surface area (Å²) in [6, 6.07) is 13.3.